The molecule has 1 aromatic rings. The Bertz CT molecular complexity index is 612. The predicted octanol–water partition coefficient (Wildman–Crippen LogP) is 0.559. The monoisotopic (exact) mass is 289 g/mol. The number of nitrogens with one attached hydrogen (secondary N) is 2. The molecule has 0 aliphatic rings. The van der Waals surface area contributed by atoms with Crippen molar-refractivity contribution in [2.75, 3.05) is 11.3 Å². The van der Waals surface area contributed by atoms with Crippen molar-refractivity contribution in [1.82, 2.24) is 4.72 Å². The fraction of sp³-hybridized carbons (Fsp3) is 0.222. The maximum absolute atomic E-state index is 11.4. The van der Waals surface area contributed by atoms with E-state index in [1.165, 1.54) is 0 Å². The Morgan fingerprint density at radius 1 is 1.47 bits per heavy atom. The van der Waals surface area contributed by atoms with Crippen LogP contribution in [0.15, 0.2) is 18.2 Å². The van der Waals surface area contributed by atoms with Gasteiger partial charge in [0.25, 0.3) is 15.9 Å². The first-order chi connectivity index (χ1) is 8.76. The second kappa shape index (κ2) is 5.63. The summed E-state index contributed by atoms with van der Waals surface area (Å²) >= 11 is 0. The fourth-order valence-electron chi connectivity index (χ4n) is 1.27. The lowest BCUT2D eigenvalue weighted by atomic mass is 10.2. The van der Waals surface area contributed by atoms with E-state index in [9.17, 15) is 23.3 Å². The topological polar surface area (TPSA) is 139 Å². The SMILES string of the molecule is CCNS(=O)(=O)Nc1ccc(C(=O)O)cc1[N+](=O)[O-]. The highest BCUT2D eigenvalue weighted by Crippen LogP contribution is 2.26. The van der Waals surface area contributed by atoms with Crippen molar-refractivity contribution in [3.05, 3.63) is 33.9 Å². The van der Waals surface area contributed by atoms with Crippen molar-refractivity contribution in [3.8, 4) is 0 Å². The number of carboxylic acids is 1. The van der Waals surface area contributed by atoms with Gasteiger partial charge < -0.3 is 5.11 Å². The van der Waals surface area contributed by atoms with Crippen LogP contribution in [0.2, 0.25) is 0 Å². The molecule has 0 amide bonds. The number of anilines is 1. The first-order valence-electron chi connectivity index (χ1n) is 5.06. The van der Waals surface area contributed by atoms with Crippen LogP contribution in [0.25, 0.3) is 0 Å². The van der Waals surface area contributed by atoms with E-state index in [-0.39, 0.29) is 17.8 Å². The number of nitro groups is 1. The van der Waals surface area contributed by atoms with Crippen LogP contribution < -0.4 is 9.44 Å². The number of nitro benzene ring substituents is 1. The Labute approximate surface area is 108 Å². The average molecular weight is 289 g/mol. The second-order valence-corrected chi connectivity index (χ2v) is 4.90. The van der Waals surface area contributed by atoms with Gasteiger partial charge in [-0.05, 0) is 12.1 Å². The molecule has 19 heavy (non-hydrogen) atoms. The molecule has 0 spiro atoms. The van der Waals surface area contributed by atoms with Gasteiger partial charge in [0.1, 0.15) is 5.69 Å². The van der Waals surface area contributed by atoms with Gasteiger partial charge in [-0.3, -0.25) is 14.8 Å². The molecule has 0 atom stereocenters. The molecule has 0 aromatic heterocycles. The lowest BCUT2D eigenvalue weighted by Crippen LogP contribution is -2.30. The standard InChI is InChI=1S/C9H11N3O6S/c1-2-10-19(17,18)11-7-4-3-6(9(13)14)5-8(7)12(15)16/h3-5,10-11H,2H2,1H3,(H,13,14). The van der Waals surface area contributed by atoms with Gasteiger partial charge in [-0.15, -0.1) is 0 Å². The van der Waals surface area contributed by atoms with E-state index in [0.29, 0.717) is 0 Å². The Kier molecular flexibility index (Phi) is 4.40. The summed E-state index contributed by atoms with van der Waals surface area (Å²) in [5.74, 6) is -1.34. The maximum atomic E-state index is 11.4. The van der Waals surface area contributed by atoms with Crippen molar-refractivity contribution in [3.63, 3.8) is 0 Å². The molecule has 0 bridgehead atoms. The van der Waals surface area contributed by atoms with Crippen LogP contribution in [0.1, 0.15) is 17.3 Å². The van der Waals surface area contributed by atoms with Crippen molar-refractivity contribution >= 4 is 27.6 Å². The van der Waals surface area contributed by atoms with Crippen LogP contribution >= 0.6 is 0 Å². The van der Waals surface area contributed by atoms with E-state index in [1.54, 1.807) is 6.92 Å². The molecule has 0 unspecified atom stereocenters. The number of hydrogen-bond acceptors (Lipinski definition) is 5. The lowest BCUT2D eigenvalue weighted by molar-refractivity contribution is -0.383. The molecule has 0 saturated carbocycles. The minimum Gasteiger partial charge on any atom is -0.478 e. The van der Waals surface area contributed by atoms with Gasteiger partial charge in [0.2, 0.25) is 0 Å². The van der Waals surface area contributed by atoms with Gasteiger partial charge in [-0.25, -0.2) is 4.79 Å². The van der Waals surface area contributed by atoms with Crippen LogP contribution in [-0.4, -0.2) is 31.0 Å². The predicted molar refractivity (Wildman–Crippen MR) is 66.3 cm³/mol. The summed E-state index contributed by atoms with van der Waals surface area (Å²) in [5.41, 5.74) is -1.25. The van der Waals surface area contributed by atoms with Crippen molar-refractivity contribution in [1.29, 1.82) is 0 Å². The average Bonchev–Trinajstić information content (AvgIpc) is 2.27. The third-order valence-electron chi connectivity index (χ3n) is 2.02. The molecule has 0 radical (unpaired) electrons. The Morgan fingerprint density at radius 3 is 2.58 bits per heavy atom. The van der Waals surface area contributed by atoms with E-state index in [1.807, 2.05) is 4.72 Å². The molecule has 10 heteroatoms. The van der Waals surface area contributed by atoms with Gasteiger partial charge in [0.05, 0.1) is 10.5 Å². The summed E-state index contributed by atoms with van der Waals surface area (Å²) in [7, 11) is -3.93. The number of rotatable bonds is 6. The number of benzene rings is 1. The highest BCUT2D eigenvalue weighted by Gasteiger charge is 2.20. The third-order valence-corrected chi connectivity index (χ3v) is 3.18. The van der Waals surface area contributed by atoms with Gasteiger partial charge in [-0.1, -0.05) is 6.92 Å². The fourth-order valence-corrected chi connectivity index (χ4v) is 2.19. The normalized spacial score (nSPS) is 11.0. The summed E-state index contributed by atoms with van der Waals surface area (Å²) in [6.07, 6.45) is 0. The molecular weight excluding hydrogens is 278 g/mol. The molecule has 1 aromatic carbocycles. The highest BCUT2D eigenvalue weighted by molar-refractivity contribution is 7.90. The van der Waals surface area contributed by atoms with Gasteiger partial charge in [-0.2, -0.15) is 13.1 Å². The van der Waals surface area contributed by atoms with Gasteiger partial charge >= 0.3 is 5.97 Å². The zero-order chi connectivity index (χ0) is 14.6. The summed E-state index contributed by atoms with van der Waals surface area (Å²) in [4.78, 5) is 20.6. The Hall–Kier alpha value is -2.20. The molecule has 0 saturated heterocycles. The van der Waals surface area contributed by atoms with E-state index < -0.39 is 26.8 Å². The van der Waals surface area contributed by atoms with E-state index in [4.69, 9.17) is 5.11 Å². The minimum atomic E-state index is -3.93. The number of hydrogen-bond donors (Lipinski definition) is 3. The minimum absolute atomic E-state index is 0.107. The summed E-state index contributed by atoms with van der Waals surface area (Å²) < 4.78 is 26.9. The van der Waals surface area contributed by atoms with Crippen LogP contribution in [0.3, 0.4) is 0 Å². The lowest BCUT2D eigenvalue weighted by Gasteiger charge is -2.08. The first kappa shape index (κ1) is 14.9. The number of carbonyl (C=O) groups is 1. The largest absolute Gasteiger partial charge is 0.478 e. The molecule has 0 aliphatic carbocycles. The number of aromatic carboxylic acids is 1. The molecule has 0 heterocycles. The smallest absolute Gasteiger partial charge is 0.335 e. The molecular formula is C9H11N3O6S. The van der Waals surface area contributed by atoms with E-state index >= 15 is 0 Å². The van der Waals surface area contributed by atoms with Crippen LogP contribution in [0, 0.1) is 10.1 Å². The van der Waals surface area contributed by atoms with Crippen molar-refractivity contribution in [2.24, 2.45) is 0 Å². The van der Waals surface area contributed by atoms with Gasteiger partial charge in [0.15, 0.2) is 0 Å². The van der Waals surface area contributed by atoms with Crippen LogP contribution in [-0.2, 0) is 10.2 Å². The zero-order valence-electron chi connectivity index (χ0n) is 9.78. The van der Waals surface area contributed by atoms with Gasteiger partial charge in [0, 0.05) is 12.6 Å². The maximum Gasteiger partial charge on any atom is 0.335 e. The first-order valence-corrected chi connectivity index (χ1v) is 6.54. The molecule has 0 aliphatic heterocycles. The number of carboxylic acid groups (broad SMARTS) is 1. The van der Waals surface area contributed by atoms with Crippen LogP contribution in [0.5, 0.6) is 0 Å². The third kappa shape index (κ3) is 3.89. The Morgan fingerprint density at radius 2 is 2.11 bits per heavy atom. The van der Waals surface area contributed by atoms with Crippen molar-refractivity contribution in [2.45, 2.75) is 6.92 Å². The highest BCUT2D eigenvalue weighted by atomic mass is 32.2. The second-order valence-electron chi connectivity index (χ2n) is 3.40. The molecule has 0 fully saturated rings. The molecule has 3 N–H and O–H groups in total. The molecule has 104 valence electrons. The quantitative estimate of drug-likeness (QED) is 0.516. The Balaban J connectivity index is 3.21. The molecule has 1 rings (SSSR count). The summed E-state index contributed by atoms with van der Waals surface area (Å²) in [5, 5.41) is 19.5. The van der Waals surface area contributed by atoms with Crippen molar-refractivity contribution < 1.29 is 23.2 Å². The zero-order valence-corrected chi connectivity index (χ0v) is 10.6. The van der Waals surface area contributed by atoms with E-state index in [0.717, 1.165) is 18.2 Å². The van der Waals surface area contributed by atoms with E-state index in [2.05, 4.69) is 4.72 Å². The number of nitrogens with zero attached hydrogens (tertiary/aromatic N) is 1. The molecule has 9 nitrogen and oxygen atoms in total. The van der Waals surface area contributed by atoms with Crippen LogP contribution in [0.4, 0.5) is 11.4 Å². The summed E-state index contributed by atoms with van der Waals surface area (Å²) in [6, 6.07) is 2.88. The summed E-state index contributed by atoms with van der Waals surface area (Å²) in [6.45, 7) is 1.65.